The highest BCUT2D eigenvalue weighted by Gasteiger charge is 3.02. The van der Waals surface area contributed by atoms with E-state index in [1.807, 2.05) is 20.8 Å². The van der Waals surface area contributed by atoms with Gasteiger partial charge in [-0.25, -0.2) is 4.99 Å². The van der Waals surface area contributed by atoms with Gasteiger partial charge in [-0.3, -0.25) is 5.73 Å². The fraction of sp³-hybridized carbons (Fsp3) is 0.769. The van der Waals surface area contributed by atoms with Crippen LogP contribution in [0.15, 0.2) is 0 Å². The average Bonchev–Trinajstić information content (AvgIpc) is 2.57. The lowest BCUT2D eigenvalue weighted by atomic mass is 9.89. The lowest BCUT2D eigenvalue weighted by Crippen LogP contribution is -2.90. The molecule has 6 nitrogen and oxygen atoms in total. The summed E-state index contributed by atoms with van der Waals surface area (Å²) in [6, 6.07) is 4.55. The zero-order valence-corrected chi connectivity index (χ0v) is 11.3. The molecule has 1 aliphatic carbocycles. The first-order valence-corrected chi connectivity index (χ1v) is 6.46. The molecule has 2 aliphatic heterocycles. The van der Waals surface area contributed by atoms with E-state index in [1.54, 1.807) is 0 Å². The van der Waals surface area contributed by atoms with Crippen molar-refractivity contribution >= 4 is 5.84 Å². The van der Waals surface area contributed by atoms with Crippen molar-refractivity contribution in [3.63, 3.8) is 0 Å². The van der Waals surface area contributed by atoms with Crippen LogP contribution in [0.4, 0.5) is 0 Å². The number of fused-ring (bicyclic) bond motifs is 2. The van der Waals surface area contributed by atoms with Crippen molar-refractivity contribution in [2.45, 2.75) is 39.2 Å². The molecule has 3 aliphatic rings. The maximum atomic E-state index is 9.79. The van der Waals surface area contributed by atoms with E-state index in [0.29, 0.717) is 13.0 Å². The highest BCUT2D eigenvalue weighted by Crippen LogP contribution is 2.83. The monoisotopic (exact) mass is 261 g/mol. The van der Waals surface area contributed by atoms with Gasteiger partial charge in [0, 0.05) is 5.41 Å². The van der Waals surface area contributed by atoms with Crippen molar-refractivity contribution < 1.29 is 14.5 Å². The molecule has 2 fully saturated rings. The summed E-state index contributed by atoms with van der Waals surface area (Å²) in [6.45, 7) is 6.11. The summed E-state index contributed by atoms with van der Waals surface area (Å²) in [5.74, 6) is -0.999. The fourth-order valence-electron chi connectivity index (χ4n) is 4.18. The van der Waals surface area contributed by atoms with Gasteiger partial charge < -0.3 is 9.47 Å². The summed E-state index contributed by atoms with van der Waals surface area (Å²) in [5.41, 5.74) is 3.34. The predicted molar refractivity (Wildman–Crippen MR) is 63.9 cm³/mol. The number of nitrogens with one attached hydrogen (secondary N) is 1. The summed E-state index contributed by atoms with van der Waals surface area (Å²) in [5, 5.41) is 19.4. The Hall–Kier alpha value is -1.63. The summed E-state index contributed by atoms with van der Waals surface area (Å²) in [4.78, 5) is 2.94. The molecule has 19 heavy (non-hydrogen) atoms. The van der Waals surface area contributed by atoms with E-state index in [0.717, 1.165) is 0 Å². The Labute approximate surface area is 111 Å². The molecule has 2 heterocycles. The zero-order valence-electron chi connectivity index (χ0n) is 11.3. The van der Waals surface area contributed by atoms with Gasteiger partial charge in [-0.2, -0.15) is 10.5 Å². The Balaban J connectivity index is 2.25. The molecule has 1 saturated carbocycles. The van der Waals surface area contributed by atoms with Crippen LogP contribution in [0.3, 0.4) is 0 Å². The summed E-state index contributed by atoms with van der Waals surface area (Å²) in [6.07, 6.45) is 0.515. The number of rotatable bonds is 1. The highest BCUT2D eigenvalue weighted by molar-refractivity contribution is 5.94. The van der Waals surface area contributed by atoms with Crippen LogP contribution in [0.1, 0.15) is 27.2 Å². The predicted octanol–water partition coefficient (Wildman–Crippen LogP) is -1.02. The van der Waals surface area contributed by atoms with Crippen LogP contribution in [0.2, 0.25) is 0 Å². The van der Waals surface area contributed by atoms with E-state index >= 15 is 0 Å². The largest absolute Gasteiger partial charge is 0.343 e. The third-order valence-corrected chi connectivity index (χ3v) is 5.28. The Morgan fingerprint density at radius 2 is 2.16 bits per heavy atom. The Kier molecular flexibility index (Phi) is 2.02. The molecule has 3 rings (SSSR count). The van der Waals surface area contributed by atoms with Crippen LogP contribution < -0.4 is 10.7 Å². The first-order chi connectivity index (χ1) is 8.91. The average molecular weight is 261 g/mol. The van der Waals surface area contributed by atoms with Crippen LogP contribution in [-0.2, 0) is 9.47 Å². The van der Waals surface area contributed by atoms with Crippen LogP contribution >= 0.6 is 0 Å². The molecule has 1 saturated heterocycles. The topological polar surface area (TPSA) is 106 Å². The first kappa shape index (κ1) is 12.4. The van der Waals surface area contributed by atoms with Crippen molar-refractivity contribution in [3.05, 3.63) is 0 Å². The van der Waals surface area contributed by atoms with Crippen molar-refractivity contribution in [3.8, 4) is 12.1 Å². The molecule has 0 bridgehead atoms. The number of hydrogen-bond acceptors (Lipinski definition) is 5. The Morgan fingerprint density at radius 3 is 2.53 bits per heavy atom. The van der Waals surface area contributed by atoms with Crippen molar-refractivity contribution in [2.75, 3.05) is 6.61 Å². The van der Waals surface area contributed by atoms with E-state index in [-0.39, 0.29) is 11.9 Å². The summed E-state index contributed by atoms with van der Waals surface area (Å²) in [7, 11) is 0. The zero-order chi connectivity index (χ0) is 14.1. The van der Waals surface area contributed by atoms with Gasteiger partial charge in [0.2, 0.25) is 0 Å². The standard InChI is InChI=1S/C13H16N4O2/c1-4-10(3)11(6-14)9(16)17-13(12(10,11)7-15)18-5-8(2)19-13/h8H,4-5H2,1-3H3,(H2,16,17)/p+1/t8-,10-,11-,12+,13+/m0/s1. The van der Waals surface area contributed by atoms with Gasteiger partial charge in [-0.05, 0) is 13.3 Å². The molecule has 0 aromatic heterocycles. The molecule has 6 heteroatoms. The minimum atomic E-state index is -1.29. The first-order valence-electron chi connectivity index (χ1n) is 6.46. The Bertz CT molecular complexity index is 576. The molecule has 5 atom stereocenters. The van der Waals surface area contributed by atoms with Crippen LogP contribution in [0.25, 0.3) is 0 Å². The molecule has 0 amide bonds. The maximum Gasteiger partial charge on any atom is 0.343 e. The SMILES string of the molecule is CC[C@@]1(C)[C@]2(C#N)C(N)=[NH+][C@@]3(OC[C@H](C)O3)[C@]12C#N. The number of amidine groups is 1. The highest BCUT2D eigenvalue weighted by atomic mass is 16.8. The smallest absolute Gasteiger partial charge is 0.311 e. The second kappa shape index (κ2) is 3.09. The molecular weight excluding hydrogens is 244 g/mol. The van der Waals surface area contributed by atoms with Crippen molar-refractivity contribution in [1.29, 1.82) is 10.5 Å². The lowest BCUT2D eigenvalue weighted by Gasteiger charge is -2.26. The maximum absolute atomic E-state index is 9.79. The minimum absolute atomic E-state index is 0.137. The second-order valence-corrected chi connectivity index (χ2v) is 5.80. The molecule has 0 aromatic carbocycles. The molecule has 100 valence electrons. The van der Waals surface area contributed by atoms with Gasteiger partial charge in [-0.1, -0.05) is 13.8 Å². The van der Waals surface area contributed by atoms with E-state index in [4.69, 9.17) is 15.2 Å². The molecule has 0 unspecified atom stereocenters. The number of nitrogens with two attached hydrogens (primary N) is 1. The van der Waals surface area contributed by atoms with Crippen LogP contribution in [0, 0.1) is 38.9 Å². The van der Waals surface area contributed by atoms with Crippen molar-refractivity contribution in [2.24, 2.45) is 22.0 Å². The van der Waals surface area contributed by atoms with Crippen LogP contribution in [-0.4, -0.2) is 24.5 Å². The molecule has 0 radical (unpaired) electrons. The quantitative estimate of drug-likeness (QED) is 0.628. The minimum Gasteiger partial charge on any atom is -0.311 e. The molecular formula is C13H17N4O2+. The molecule has 3 N–H and O–H groups in total. The van der Waals surface area contributed by atoms with Gasteiger partial charge in [0.05, 0.1) is 24.8 Å². The van der Waals surface area contributed by atoms with Gasteiger partial charge in [0.25, 0.3) is 5.84 Å². The number of nitrogens with zero attached hydrogens (tertiary/aromatic N) is 2. The number of nitriles is 2. The van der Waals surface area contributed by atoms with Gasteiger partial charge in [0.1, 0.15) is 0 Å². The van der Waals surface area contributed by atoms with E-state index < -0.39 is 22.2 Å². The summed E-state index contributed by atoms with van der Waals surface area (Å²) >= 11 is 0. The van der Waals surface area contributed by atoms with E-state index in [2.05, 4.69) is 17.1 Å². The van der Waals surface area contributed by atoms with Crippen molar-refractivity contribution in [1.82, 2.24) is 0 Å². The van der Waals surface area contributed by atoms with Gasteiger partial charge in [0.15, 0.2) is 10.8 Å². The number of ether oxygens (including phenoxy) is 2. The third-order valence-electron chi connectivity index (χ3n) is 5.28. The summed E-state index contributed by atoms with van der Waals surface area (Å²) < 4.78 is 11.6. The second-order valence-electron chi connectivity index (χ2n) is 5.80. The van der Waals surface area contributed by atoms with E-state index in [1.165, 1.54) is 0 Å². The number of hydrogen-bond donors (Lipinski definition) is 2. The van der Waals surface area contributed by atoms with Crippen LogP contribution in [0.5, 0.6) is 0 Å². The van der Waals surface area contributed by atoms with Gasteiger partial charge in [-0.15, -0.1) is 0 Å². The van der Waals surface area contributed by atoms with E-state index in [9.17, 15) is 10.5 Å². The normalized spacial score (nSPS) is 54.4. The lowest BCUT2D eigenvalue weighted by molar-refractivity contribution is -0.680. The fourth-order valence-corrected chi connectivity index (χ4v) is 4.18. The third kappa shape index (κ3) is 0.842. The molecule has 1 spiro atoms. The Morgan fingerprint density at radius 1 is 1.47 bits per heavy atom. The van der Waals surface area contributed by atoms with Gasteiger partial charge >= 0.3 is 5.91 Å². The molecule has 0 aromatic rings.